The lowest BCUT2D eigenvalue weighted by molar-refractivity contribution is -0.381. The van der Waals surface area contributed by atoms with Crippen LogP contribution in [0.15, 0.2) is 84.9 Å². The summed E-state index contributed by atoms with van der Waals surface area (Å²) >= 11 is 13.2. The Kier molecular flexibility index (Phi) is 14.0. The first-order valence-corrected chi connectivity index (χ1v) is 19.3. The number of rotatable bonds is 14. The molecule has 0 spiro atoms. The van der Waals surface area contributed by atoms with Crippen LogP contribution >= 0.6 is 23.2 Å². The summed E-state index contributed by atoms with van der Waals surface area (Å²) in [5.74, 6) is -0.798. The lowest BCUT2D eigenvalue weighted by Crippen LogP contribution is -2.65. The predicted octanol–water partition coefficient (Wildman–Crippen LogP) is 3.84. The van der Waals surface area contributed by atoms with E-state index in [9.17, 15) is 35.7 Å². The number of hydrogen-bond donors (Lipinski definition) is 7. The highest BCUT2D eigenvalue weighted by atomic mass is 35.5. The van der Waals surface area contributed by atoms with Gasteiger partial charge in [-0.15, -0.1) is 0 Å². The summed E-state index contributed by atoms with van der Waals surface area (Å²) in [5, 5.41) is 77.7. The Morgan fingerprint density at radius 1 is 0.625 bits per heavy atom. The average molecular weight is 816 g/mol. The van der Waals surface area contributed by atoms with Crippen LogP contribution in [0.5, 0.6) is 11.5 Å². The number of aliphatic hydroxyl groups is 7. The molecular weight excluding hydrogens is 767 g/mol. The van der Waals surface area contributed by atoms with Crippen LogP contribution in [0.2, 0.25) is 10.0 Å². The minimum atomic E-state index is -2.24. The molecule has 0 aromatic heterocycles. The molecule has 0 radical (unpaired) electrons. The molecule has 0 saturated carbocycles. The Morgan fingerprint density at radius 2 is 1.16 bits per heavy atom. The molecule has 14 heteroatoms. The molecular formula is C42H48Cl2O12. The summed E-state index contributed by atoms with van der Waals surface area (Å²) in [6, 6.07) is 24.8. The summed E-state index contributed by atoms with van der Waals surface area (Å²) in [6.07, 6.45) is -13.4. The van der Waals surface area contributed by atoms with E-state index in [1.165, 1.54) is 6.07 Å². The maximum Gasteiger partial charge on any atom is 0.225 e. The van der Waals surface area contributed by atoms with Gasteiger partial charge in [0.1, 0.15) is 66.4 Å². The molecule has 0 bridgehead atoms. The van der Waals surface area contributed by atoms with Gasteiger partial charge in [-0.2, -0.15) is 0 Å². The monoisotopic (exact) mass is 814 g/mol. The molecule has 6 rings (SSSR count). The number of ether oxygens (including phenoxy) is 5. The van der Waals surface area contributed by atoms with Crippen molar-refractivity contribution in [2.24, 2.45) is 0 Å². The second kappa shape index (κ2) is 18.5. The largest absolute Gasteiger partial charge is 0.494 e. The van der Waals surface area contributed by atoms with Crippen LogP contribution in [0.3, 0.4) is 0 Å². The molecule has 2 aliphatic heterocycles. The zero-order valence-corrected chi connectivity index (χ0v) is 32.5. The van der Waals surface area contributed by atoms with Crippen molar-refractivity contribution < 1.29 is 59.4 Å². The lowest BCUT2D eigenvalue weighted by Gasteiger charge is -2.49. The standard InChI is InChI=1S/C42H48Cl2O12/c1-3-52-29-11-5-23(6-12-29)17-26-19-25(9-15-31(26)43)40-38(49)37(48)36(47)34(55-40)22-54-42(41(51)39(50)35(46)33(21-45)56-42)28-10-16-32(44)27(20-28)18-24-7-13-30(14-8-24)53-4-2/h5-16,19-20,33-41,45-51H,3-4,17-18,21-22H2,1-2H3/t33-,34-,35-,36-,37+,38-,39+,40+,41?,42+/m1/s1. The Labute approximate surface area is 335 Å². The van der Waals surface area contributed by atoms with Crippen LogP contribution in [0, 0.1) is 0 Å². The maximum absolute atomic E-state index is 11.6. The normalized spacial score (nSPS) is 29.2. The van der Waals surface area contributed by atoms with Gasteiger partial charge in [0, 0.05) is 15.6 Å². The fraction of sp³-hybridized carbons (Fsp3) is 0.429. The van der Waals surface area contributed by atoms with Crippen molar-refractivity contribution >= 4 is 23.2 Å². The topological polar surface area (TPSA) is 188 Å². The predicted molar refractivity (Wildman–Crippen MR) is 207 cm³/mol. The first-order chi connectivity index (χ1) is 26.9. The van der Waals surface area contributed by atoms with E-state index >= 15 is 0 Å². The van der Waals surface area contributed by atoms with Gasteiger partial charge < -0.3 is 59.4 Å². The molecule has 2 aliphatic rings. The molecule has 12 nitrogen and oxygen atoms in total. The summed E-state index contributed by atoms with van der Waals surface area (Å²) in [5.41, 5.74) is 3.82. The summed E-state index contributed by atoms with van der Waals surface area (Å²) in [4.78, 5) is 0. The second-order valence-corrected chi connectivity index (χ2v) is 14.8. The molecule has 4 aromatic carbocycles. The smallest absolute Gasteiger partial charge is 0.225 e. The van der Waals surface area contributed by atoms with Crippen LogP contribution in [0.25, 0.3) is 0 Å². The number of hydrogen-bond acceptors (Lipinski definition) is 12. The van der Waals surface area contributed by atoms with E-state index < -0.39 is 73.9 Å². The van der Waals surface area contributed by atoms with Crippen LogP contribution in [0.4, 0.5) is 0 Å². The summed E-state index contributed by atoms with van der Waals surface area (Å²) in [7, 11) is 0. The first-order valence-electron chi connectivity index (χ1n) is 18.6. The minimum absolute atomic E-state index is 0.179. The quantitative estimate of drug-likeness (QED) is 0.0977. The summed E-state index contributed by atoms with van der Waals surface area (Å²) in [6.45, 7) is 3.56. The van der Waals surface area contributed by atoms with E-state index in [0.29, 0.717) is 53.0 Å². The van der Waals surface area contributed by atoms with Gasteiger partial charge in [0.25, 0.3) is 0 Å². The second-order valence-electron chi connectivity index (χ2n) is 14.0. The van der Waals surface area contributed by atoms with Gasteiger partial charge >= 0.3 is 0 Å². The lowest BCUT2D eigenvalue weighted by atomic mass is 9.86. The van der Waals surface area contributed by atoms with E-state index in [4.69, 9.17) is 46.9 Å². The molecule has 10 atom stereocenters. The molecule has 2 heterocycles. The molecule has 2 fully saturated rings. The van der Waals surface area contributed by atoms with Crippen molar-refractivity contribution in [3.63, 3.8) is 0 Å². The van der Waals surface area contributed by atoms with Crippen molar-refractivity contribution in [1.82, 2.24) is 0 Å². The van der Waals surface area contributed by atoms with E-state index in [0.717, 1.165) is 22.4 Å². The molecule has 56 heavy (non-hydrogen) atoms. The van der Waals surface area contributed by atoms with Crippen molar-refractivity contribution in [3.05, 3.63) is 128 Å². The van der Waals surface area contributed by atoms with Crippen molar-refractivity contribution in [3.8, 4) is 11.5 Å². The third kappa shape index (κ3) is 9.02. The molecule has 4 aromatic rings. The Balaban J connectivity index is 1.28. The average Bonchev–Trinajstić information content (AvgIpc) is 3.20. The Bertz CT molecular complexity index is 1890. The fourth-order valence-corrected chi connectivity index (χ4v) is 7.54. The number of benzene rings is 4. The molecule has 302 valence electrons. The van der Waals surface area contributed by atoms with Gasteiger partial charge in [-0.05, 0) is 97.0 Å². The summed E-state index contributed by atoms with van der Waals surface area (Å²) < 4.78 is 29.8. The third-order valence-corrected chi connectivity index (χ3v) is 11.0. The van der Waals surface area contributed by atoms with Crippen LogP contribution in [-0.2, 0) is 32.8 Å². The molecule has 0 aliphatic carbocycles. The van der Waals surface area contributed by atoms with Crippen molar-refractivity contribution in [2.75, 3.05) is 26.4 Å². The van der Waals surface area contributed by atoms with Crippen molar-refractivity contribution in [1.29, 1.82) is 0 Å². The SMILES string of the molecule is CCOc1ccc(Cc2cc([C@@H]3O[C@H](CO[C@@]4(c5ccc(Cl)c(Cc6ccc(OCC)cc6)c5)O[C@H](CO)[C@@H](O)[C@H](O)C4O)[C@@H](O)[C@H](O)[C@H]3O)ccc2Cl)cc1. The number of halogens is 2. The van der Waals surface area contributed by atoms with E-state index in [1.807, 2.05) is 62.4 Å². The van der Waals surface area contributed by atoms with Crippen molar-refractivity contribution in [2.45, 2.75) is 87.4 Å². The van der Waals surface area contributed by atoms with Crippen LogP contribution < -0.4 is 9.47 Å². The highest BCUT2D eigenvalue weighted by Gasteiger charge is 2.56. The fourth-order valence-electron chi connectivity index (χ4n) is 7.17. The first kappa shape index (κ1) is 42.3. The molecule has 2 saturated heterocycles. The van der Waals surface area contributed by atoms with Gasteiger partial charge in [0.05, 0.1) is 26.4 Å². The van der Waals surface area contributed by atoms with E-state index in [1.54, 1.807) is 30.3 Å². The molecule has 0 amide bonds. The van der Waals surface area contributed by atoms with E-state index in [-0.39, 0.29) is 5.56 Å². The maximum atomic E-state index is 11.6. The highest BCUT2D eigenvalue weighted by Crippen LogP contribution is 2.43. The Morgan fingerprint density at radius 3 is 1.71 bits per heavy atom. The van der Waals surface area contributed by atoms with Gasteiger partial charge in [-0.1, -0.05) is 65.7 Å². The minimum Gasteiger partial charge on any atom is -0.494 e. The highest BCUT2D eigenvalue weighted by molar-refractivity contribution is 6.31. The van der Waals surface area contributed by atoms with Crippen LogP contribution in [-0.4, -0.2) is 111 Å². The van der Waals surface area contributed by atoms with Gasteiger partial charge in [0.15, 0.2) is 0 Å². The van der Waals surface area contributed by atoms with Crippen LogP contribution in [0.1, 0.15) is 53.3 Å². The van der Waals surface area contributed by atoms with Gasteiger partial charge in [0.2, 0.25) is 5.79 Å². The van der Waals surface area contributed by atoms with E-state index in [2.05, 4.69) is 0 Å². The van der Waals surface area contributed by atoms with Gasteiger partial charge in [-0.3, -0.25) is 0 Å². The zero-order chi connectivity index (χ0) is 40.1. The van der Waals surface area contributed by atoms with Gasteiger partial charge in [-0.25, -0.2) is 0 Å². The number of aliphatic hydroxyl groups excluding tert-OH is 7. The molecule has 1 unspecified atom stereocenters. The zero-order valence-electron chi connectivity index (χ0n) is 30.9. The molecule has 7 N–H and O–H groups in total. The Hall–Kier alpha value is -3.34. The third-order valence-electron chi connectivity index (χ3n) is 10.2.